The van der Waals surface area contributed by atoms with E-state index in [0.717, 1.165) is 0 Å². The number of benzene rings is 2. The molecule has 1 aromatic heterocycles. The summed E-state index contributed by atoms with van der Waals surface area (Å²) in [4.78, 5) is 32.4. The van der Waals surface area contributed by atoms with Crippen LogP contribution in [0.25, 0.3) is 11.0 Å². The van der Waals surface area contributed by atoms with Gasteiger partial charge >= 0.3 is 0 Å². The lowest BCUT2D eigenvalue weighted by molar-refractivity contribution is 0.0792. The quantitative estimate of drug-likeness (QED) is 0.661. The SMILES string of the molecule is NC1(c2nc3[c]cccc3[nH]2)C(=O)c2ccccc2C1=O. The van der Waals surface area contributed by atoms with Crippen molar-refractivity contribution < 1.29 is 9.59 Å². The molecule has 0 amide bonds. The summed E-state index contributed by atoms with van der Waals surface area (Å²) in [5, 5.41) is 0. The minimum atomic E-state index is -1.78. The average molecular weight is 276 g/mol. The second-order valence-electron chi connectivity index (χ2n) is 5.03. The molecule has 101 valence electrons. The molecule has 3 N–H and O–H groups in total. The molecule has 1 aliphatic carbocycles. The van der Waals surface area contributed by atoms with E-state index in [1.807, 2.05) is 0 Å². The van der Waals surface area contributed by atoms with Crippen molar-refractivity contribution in [1.29, 1.82) is 0 Å². The molecule has 3 aromatic rings. The highest BCUT2D eigenvalue weighted by Gasteiger charge is 2.53. The molecule has 0 unspecified atom stereocenters. The summed E-state index contributed by atoms with van der Waals surface area (Å²) in [7, 11) is 0. The molecule has 0 atom stereocenters. The van der Waals surface area contributed by atoms with Crippen molar-refractivity contribution in [3.05, 3.63) is 65.5 Å². The Kier molecular flexibility index (Phi) is 2.21. The van der Waals surface area contributed by atoms with Gasteiger partial charge in [-0.15, -0.1) is 0 Å². The zero-order valence-electron chi connectivity index (χ0n) is 10.9. The molecule has 0 spiro atoms. The number of para-hydroxylation sites is 1. The Bertz CT molecular complexity index is 843. The van der Waals surface area contributed by atoms with Gasteiger partial charge in [-0.2, -0.15) is 0 Å². The molecule has 2 aromatic carbocycles. The maximum absolute atomic E-state index is 12.6. The summed E-state index contributed by atoms with van der Waals surface area (Å²) in [5.41, 5.74) is 6.32. The summed E-state index contributed by atoms with van der Waals surface area (Å²) in [5.74, 6) is -0.699. The summed E-state index contributed by atoms with van der Waals surface area (Å²) in [6.45, 7) is 0. The minimum Gasteiger partial charge on any atom is -0.340 e. The second-order valence-corrected chi connectivity index (χ2v) is 5.03. The highest BCUT2D eigenvalue weighted by molar-refractivity contribution is 6.32. The smallest absolute Gasteiger partial charge is 0.202 e. The molecule has 5 nitrogen and oxygen atoms in total. The highest BCUT2D eigenvalue weighted by Crippen LogP contribution is 2.34. The van der Waals surface area contributed by atoms with Gasteiger partial charge in [-0.05, 0) is 6.07 Å². The lowest BCUT2D eigenvalue weighted by Crippen LogP contribution is -2.48. The predicted octanol–water partition coefficient (Wildman–Crippen LogP) is 1.60. The van der Waals surface area contributed by atoms with Crippen LogP contribution in [0.3, 0.4) is 0 Å². The fraction of sp³-hybridized carbons (Fsp3) is 0.0625. The van der Waals surface area contributed by atoms with Crippen molar-refractivity contribution in [3.8, 4) is 0 Å². The van der Waals surface area contributed by atoms with Crippen LogP contribution in [0.5, 0.6) is 0 Å². The number of nitrogens with one attached hydrogen (secondary N) is 1. The van der Waals surface area contributed by atoms with E-state index in [1.54, 1.807) is 42.5 Å². The number of carbonyl (C=O) groups excluding carboxylic acids is 2. The molecule has 1 aliphatic rings. The third-order valence-corrected chi connectivity index (χ3v) is 3.82. The second kappa shape index (κ2) is 3.86. The van der Waals surface area contributed by atoms with E-state index in [2.05, 4.69) is 16.0 Å². The van der Waals surface area contributed by atoms with Gasteiger partial charge in [0.15, 0.2) is 11.6 Å². The monoisotopic (exact) mass is 276 g/mol. The van der Waals surface area contributed by atoms with Crippen LogP contribution in [0, 0.1) is 6.07 Å². The number of hydrogen-bond acceptors (Lipinski definition) is 4. The van der Waals surface area contributed by atoms with E-state index in [4.69, 9.17) is 5.73 Å². The molecule has 4 rings (SSSR count). The minimum absolute atomic E-state index is 0.158. The van der Waals surface area contributed by atoms with Crippen molar-refractivity contribution in [2.24, 2.45) is 5.73 Å². The molecule has 1 heterocycles. The predicted molar refractivity (Wildman–Crippen MR) is 75.9 cm³/mol. The summed E-state index contributed by atoms with van der Waals surface area (Å²) >= 11 is 0. The van der Waals surface area contributed by atoms with Gasteiger partial charge in [-0.1, -0.05) is 36.4 Å². The van der Waals surface area contributed by atoms with Crippen LogP contribution in [0.4, 0.5) is 0 Å². The van der Waals surface area contributed by atoms with Gasteiger partial charge in [-0.25, -0.2) is 4.98 Å². The Balaban J connectivity index is 1.96. The molecular formula is C16H10N3O2. The third kappa shape index (κ3) is 1.41. The first-order chi connectivity index (χ1) is 10.1. The summed E-state index contributed by atoms with van der Waals surface area (Å²) < 4.78 is 0. The van der Waals surface area contributed by atoms with Gasteiger partial charge in [-0.3, -0.25) is 9.59 Å². The number of aromatic amines is 1. The number of carbonyl (C=O) groups is 2. The fourth-order valence-electron chi connectivity index (χ4n) is 2.70. The Morgan fingerprint density at radius 3 is 2.33 bits per heavy atom. The van der Waals surface area contributed by atoms with Crippen molar-refractivity contribution in [2.45, 2.75) is 5.54 Å². The highest BCUT2D eigenvalue weighted by atomic mass is 16.2. The van der Waals surface area contributed by atoms with Gasteiger partial charge < -0.3 is 10.7 Å². The zero-order valence-corrected chi connectivity index (χ0v) is 10.9. The van der Waals surface area contributed by atoms with Crippen molar-refractivity contribution >= 4 is 22.6 Å². The molecule has 1 radical (unpaired) electrons. The number of Topliss-reactive ketones (excluding diaryl/α,β-unsaturated/α-hetero) is 2. The number of ketones is 2. The van der Waals surface area contributed by atoms with Crippen LogP contribution in [0.2, 0.25) is 0 Å². The van der Waals surface area contributed by atoms with Gasteiger partial charge in [0.1, 0.15) is 5.82 Å². The van der Waals surface area contributed by atoms with E-state index in [9.17, 15) is 9.59 Å². The Morgan fingerprint density at radius 1 is 1.05 bits per heavy atom. The topological polar surface area (TPSA) is 88.8 Å². The number of aromatic nitrogens is 2. The van der Waals surface area contributed by atoms with Crippen LogP contribution >= 0.6 is 0 Å². The van der Waals surface area contributed by atoms with E-state index in [0.29, 0.717) is 22.2 Å². The first-order valence-electron chi connectivity index (χ1n) is 6.47. The number of fused-ring (bicyclic) bond motifs is 2. The van der Waals surface area contributed by atoms with Crippen molar-refractivity contribution in [2.75, 3.05) is 0 Å². The van der Waals surface area contributed by atoms with Gasteiger partial charge in [0.2, 0.25) is 5.54 Å². The third-order valence-electron chi connectivity index (χ3n) is 3.82. The molecule has 0 saturated heterocycles. The van der Waals surface area contributed by atoms with Crippen LogP contribution < -0.4 is 5.73 Å². The fourth-order valence-corrected chi connectivity index (χ4v) is 2.70. The maximum Gasteiger partial charge on any atom is 0.202 e. The normalized spacial score (nSPS) is 16.4. The number of rotatable bonds is 1. The summed E-state index contributed by atoms with van der Waals surface area (Å²) in [6.07, 6.45) is 0. The first-order valence-corrected chi connectivity index (χ1v) is 6.47. The number of H-pyrrole nitrogens is 1. The Labute approximate surface area is 119 Å². The van der Waals surface area contributed by atoms with E-state index in [1.165, 1.54) is 0 Å². The lowest BCUT2D eigenvalue weighted by Gasteiger charge is -2.17. The van der Waals surface area contributed by atoms with Crippen LogP contribution in [0.1, 0.15) is 26.5 Å². The number of nitrogens with two attached hydrogens (primary N) is 1. The molecule has 0 saturated carbocycles. The van der Waals surface area contributed by atoms with Gasteiger partial charge in [0.25, 0.3) is 0 Å². The molecule has 5 heteroatoms. The van der Waals surface area contributed by atoms with Crippen molar-refractivity contribution in [3.63, 3.8) is 0 Å². The Morgan fingerprint density at radius 2 is 1.71 bits per heavy atom. The van der Waals surface area contributed by atoms with Crippen LogP contribution in [-0.4, -0.2) is 21.5 Å². The average Bonchev–Trinajstić information content (AvgIpc) is 3.03. The number of hydrogen-bond donors (Lipinski definition) is 2. The van der Waals surface area contributed by atoms with Crippen LogP contribution in [0.15, 0.2) is 42.5 Å². The summed E-state index contributed by atoms with van der Waals surface area (Å²) in [6, 6.07) is 14.9. The standard InChI is InChI=1S/C16H10N3O2/c17-16(15-18-11-7-3-4-8-12(11)19-15)13(20)9-5-1-2-6-10(9)14(16)21/h1-7H,17H2,(H,18,19). The van der Waals surface area contributed by atoms with Gasteiger partial charge in [0.05, 0.1) is 11.0 Å². The molecule has 21 heavy (non-hydrogen) atoms. The van der Waals surface area contributed by atoms with Crippen LogP contribution in [-0.2, 0) is 5.54 Å². The lowest BCUT2D eigenvalue weighted by atomic mass is 9.94. The Hall–Kier alpha value is -2.79. The number of nitrogens with zero attached hydrogens (tertiary/aromatic N) is 1. The zero-order chi connectivity index (χ0) is 14.6. The number of imidazole rings is 1. The molecule has 0 aliphatic heterocycles. The molecule has 0 fully saturated rings. The first kappa shape index (κ1) is 12.0. The molecular weight excluding hydrogens is 266 g/mol. The van der Waals surface area contributed by atoms with Gasteiger partial charge in [0, 0.05) is 17.2 Å². The van der Waals surface area contributed by atoms with Crippen molar-refractivity contribution in [1.82, 2.24) is 9.97 Å². The largest absolute Gasteiger partial charge is 0.340 e. The maximum atomic E-state index is 12.6. The van der Waals surface area contributed by atoms with E-state index >= 15 is 0 Å². The van der Waals surface area contributed by atoms with E-state index in [-0.39, 0.29) is 5.82 Å². The van der Waals surface area contributed by atoms with E-state index < -0.39 is 17.1 Å². The molecule has 0 bridgehead atoms.